The van der Waals surface area contributed by atoms with Crippen LogP contribution in [0.1, 0.15) is 24.2 Å². The number of carbonyl (C=O) groups excluding carboxylic acids is 1. The minimum atomic E-state index is -0.222. The molecule has 0 saturated heterocycles. The minimum absolute atomic E-state index is 0.0574. The summed E-state index contributed by atoms with van der Waals surface area (Å²) in [6.07, 6.45) is 0. The van der Waals surface area contributed by atoms with Crippen molar-refractivity contribution in [3.63, 3.8) is 0 Å². The number of hydrogen-bond acceptors (Lipinski definition) is 3. The van der Waals surface area contributed by atoms with E-state index in [2.05, 4.69) is 17.9 Å². The van der Waals surface area contributed by atoms with Crippen molar-refractivity contribution >= 4 is 18.5 Å². The summed E-state index contributed by atoms with van der Waals surface area (Å²) in [6, 6.07) is 6.87. The van der Waals surface area contributed by atoms with E-state index in [1.165, 1.54) is 0 Å². The summed E-state index contributed by atoms with van der Waals surface area (Å²) in [4.78, 5) is 12.5. The Morgan fingerprint density at radius 3 is 2.56 bits per heavy atom. The highest BCUT2D eigenvalue weighted by Gasteiger charge is 2.17. The summed E-state index contributed by atoms with van der Waals surface area (Å²) in [6.45, 7) is 3.85. The predicted octanol–water partition coefficient (Wildman–Crippen LogP) is 1.72. The summed E-state index contributed by atoms with van der Waals surface area (Å²) < 4.78 is 0. The zero-order chi connectivity index (χ0) is 12.1. The summed E-state index contributed by atoms with van der Waals surface area (Å²) in [5.41, 5.74) is 0.532. The Balaban J connectivity index is 2.76. The van der Waals surface area contributed by atoms with E-state index in [0.29, 0.717) is 10.5 Å². The largest absolute Gasteiger partial charge is 0.394 e. The van der Waals surface area contributed by atoms with Gasteiger partial charge in [-0.3, -0.25) is 4.79 Å². The van der Waals surface area contributed by atoms with E-state index in [0.717, 1.165) is 0 Å². The monoisotopic (exact) mass is 239 g/mol. The van der Waals surface area contributed by atoms with E-state index in [1.54, 1.807) is 18.2 Å². The standard InChI is InChI=1S/C12H17NO2S/c1-8(2)10(7-14)13-12(15)9-5-3-4-6-11(9)16/h3-6,8,10,14,16H,7H2,1-2H3,(H,13,15). The maximum absolute atomic E-state index is 11.9. The van der Waals surface area contributed by atoms with Crippen LogP contribution in [0.5, 0.6) is 0 Å². The number of aliphatic hydroxyl groups excluding tert-OH is 1. The van der Waals surface area contributed by atoms with Gasteiger partial charge in [-0.15, -0.1) is 12.6 Å². The molecule has 0 spiro atoms. The molecule has 0 saturated carbocycles. The van der Waals surface area contributed by atoms with Gasteiger partial charge >= 0.3 is 0 Å². The van der Waals surface area contributed by atoms with Crippen molar-refractivity contribution in [1.29, 1.82) is 0 Å². The first-order valence-corrected chi connectivity index (χ1v) is 5.70. The van der Waals surface area contributed by atoms with Crippen LogP contribution in [0.15, 0.2) is 29.2 Å². The maximum atomic E-state index is 11.9. The van der Waals surface area contributed by atoms with Crippen molar-refractivity contribution in [2.45, 2.75) is 24.8 Å². The van der Waals surface area contributed by atoms with Gasteiger partial charge < -0.3 is 10.4 Å². The quantitative estimate of drug-likeness (QED) is 0.701. The molecule has 2 N–H and O–H groups in total. The number of nitrogens with one attached hydrogen (secondary N) is 1. The van der Waals surface area contributed by atoms with Crippen molar-refractivity contribution < 1.29 is 9.90 Å². The molecule has 1 rings (SSSR count). The number of rotatable bonds is 4. The van der Waals surface area contributed by atoms with Crippen molar-refractivity contribution in [2.75, 3.05) is 6.61 Å². The third-order valence-electron chi connectivity index (χ3n) is 2.47. The van der Waals surface area contributed by atoms with Gasteiger partial charge in [-0.2, -0.15) is 0 Å². The lowest BCUT2D eigenvalue weighted by Crippen LogP contribution is -2.41. The third-order valence-corrected chi connectivity index (χ3v) is 2.86. The molecule has 16 heavy (non-hydrogen) atoms. The van der Waals surface area contributed by atoms with Crippen LogP contribution in [-0.2, 0) is 0 Å². The number of carbonyl (C=O) groups is 1. The molecule has 0 aliphatic rings. The molecule has 0 bridgehead atoms. The summed E-state index contributed by atoms with van der Waals surface area (Å²) in [5.74, 6) is -0.000574. The summed E-state index contributed by atoms with van der Waals surface area (Å²) in [5, 5.41) is 11.9. The Morgan fingerprint density at radius 1 is 1.44 bits per heavy atom. The van der Waals surface area contributed by atoms with Crippen LogP contribution in [0.4, 0.5) is 0 Å². The van der Waals surface area contributed by atoms with Crippen LogP contribution < -0.4 is 5.32 Å². The molecule has 0 fully saturated rings. The van der Waals surface area contributed by atoms with Gasteiger partial charge in [-0.05, 0) is 18.1 Å². The molecule has 1 atom stereocenters. The number of benzene rings is 1. The van der Waals surface area contributed by atoms with Crippen LogP contribution in [0.25, 0.3) is 0 Å². The first-order chi connectivity index (χ1) is 7.56. The highest BCUT2D eigenvalue weighted by molar-refractivity contribution is 7.80. The molecular formula is C12H17NO2S. The minimum Gasteiger partial charge on any atom is -0.394 e. The molecule has 88 valence electrons. The van der Waals surface area contributed by atoms with Gasteiger partial charge in [0.2, 0.25) is 0 Å². The van der Waals surface area contributed by atoms with Crippen molar-refractivity contribution in [2.24, 2.45) is 5.92 Å². The van der Waals surface area contributed by atoms with Crippen molar-refractivity contribution in [3.8, 4) is 0 Å². The molecule has 1 unspecified atom stereocenters. The molecule has 1 amide bonds. The fourth-order valence-electron chi connectivity index (χ4n) is 1.33. The van der Waals surface area contributed by atoms with E-state index in [4.69, 9.17) is 5.11 Å². The lowest BCUT2D eigenvalue weighted by molar-refractivity contribution is 0.0894. The van der Waals surface area contributed by atoms with E-state index >= 15 is 0 Å². The predicted molar refractivity (Wildman–Crippen MR) is 66.9 cm³/mol. The molecule has 0 radical (unpaired) electrons. The molecule has 0 aromatic heterocycles. The van der Waals surface area contributed by atoms with Crippen LogP contribution in [0.2, 0.25) is 0 Å². The Kier molecular flexibility index (Phi) is 4.83. The number of hydrogen-bond donors (Lipinski definition) is 3. The first-order valence-electron chi connectivity index (χ1n) is 5.26. The second-order valence-electron chi connectivity index (χ2n) is 4.02. The lowest BCUT2D eigenvalue weighted by atomic mass is 10.0. The summed E-state index contributed by atoms with van der Waals surface area (Å²) >= 11 is 4.22. The van der Waals surface area contributed by atoms with Gasteiger partial charge in [0.15, 0.2) is 0 Å². The van der Waals surface area contributed by atoms with E-state index in [9.17, 15) is 4.79 Å². The van der Waals surface area contributed by atoms with Gasteiger partial charge in [0.25, 0.3) is 5.91 Å². The SMILES string of the molecule is CC(C)C(CO)NC(=O)c1ccccc1S. The second-order valence-corrected chi connectivity index (χ2v) is 4.51. The van der Waals surface area contributed by atoms with Gasteiger partial charge in [0.1, 0.15) is 0 Å². The average molecular weight is 239 g/mol. The Hall–Kier alpha value is -1.00. The molecule has 0 aliphatic heterocycles. The molecule has 4 heteroatoms. The van der Waals surface area contributed by atoms with Gasteiger partial charge in [0, 0.05) is 4.90 Å². The molecule has 1 aromatic carbocycles. The maximum Gasteiger partial charge on any atom is 0.252 e. The fourth-order valence-corrected chi connectivity index (χ4v) is 1.60. The van der Waals surface area contributed by atoms with Crippen LogP contribution in [-0.4, -0.2) is 23.7 Å². The fraction of sp³-hybridized carbons (Fsp3) is 0.417. The van der Waals surface area contributed by atoms with Gasteiger partial charge in [-0.1, -0.05) is 26.0 Å². The zero-order valence-corrected chi connectivity index (χ0v) is 10.4. The van der Waals surface area contributed by atoms with Crippen LogP contribution in [0.3, 0.4) is 0 Å². The Labute approximate surface area is 101 Å². The molecular weight excluding hydrogens is 222 g/mol. The number of thiol groups is 1. The smallest absolute Gasteiger partial charge is 0.252 e. The van der Waals surface area contributed by atoms with Crippen molar-refractivity contribution in [3.05, 3.63) is 29.8 Å². The first kappa shape index (κ1) is 13.1. The van der Waals surface area contributed by atoms with Gasteiger partial charge in [0.05, 0.1) is 18.2 Å². The zero-order valence-electron chi connectivity index (χ0n) is 9.47. The van der Waals surface area contributed by atoms with Crippen LogP contribution >= 0.6 is 12.6 Å². The van der Waals surface area contributed by atoms with Crippen molar-refractivity contribution in [1.82, 2.24) is 5.32 Å². The molecule has 3 nitrogen and oxygen atoms in total. The second kappa shape index (κ2) is 5.92. The number of amides is 1. The lowest BCUT2D eigenvalue weighted by Gasteiger charge is -2.20. The molecule has 0 aliphatic carbocycles. The Bertz CT molecular complexity index is 366. The third kappa shape index (κ3) is 3.25. The van der Waals surface area contributed by atoms with E-state index in [-0.39, 0.29) is 24.5 Å². The van der Waals surface area contributed by atoms with E-state index < -0.39 is 0 Å². The van der Waals surface area contributed by atoms with Crippen LogP contribution in [0, 0.1) is 5.92 Å². The summed E-state index contributed by atoms with van der Waals surface area (Å²) in [7, 11) is 0. The topological polar surface area (TPSA) is 49.3 Å². The highest BCUT2D eigenvalue weighted by atomic mass is 32.1. The van der Waals surface area contributed by atoms with Gasteiger partial charge in [-0.25, -0.2) is 0 Å². The number of aliphatic hydroxyl groups is 1. The normalized spacial score (nSPS) is 12.6. The average Bonchev–Trinajstić information content (AvgIpc) is 2.25. The van der Waals surface area contributed by atoms with E-state index in [1.807, 2.05) is 19.9 Å². The molecule has 1 aromatic rings. The highest BCUT2D eigenvalue weighted by Crippen LogP contribution is 2.13. The molecule has 0 heterocycles. The Morgan fingerprint density at radius 2 is 2.06 bits per heavy atom.